The van der Waals surface area contributed by atoms with Gasteiger partial charge in [-0.1, -0.05) is 41.4 Å². The Kier molecular flexibility index (Phi) is 3.82. The van der Waals surface area contributed by atoms with Crippen LogP contribution in [-0.4, -0.2) is 9.97 Å². The zero-order chi connectivity index (χ0) is 12.3. The molecule has 88 valence electrons. The van der Waals surface area contributed by atoms with E-state index in [1.54, 1.807) is 6.92 Å². The van der Waals surface area contributed by atoms with Crippen molar-refractivity contribution in [2.75, 3.05) is 0 Å². The highest BCUT2D eigenvalue weighted by atomic mass is 35.5. The van der Waals surface area contributed by atoms with Gasteiger partial charge in [0, 0.05) is 5.56 Å². The SMILES string of the molecule is Cc1c(Cl)nc(COc2ccccc2)nc1Cl. The van der Waals surface area contributed by atoms with Crippen LogP contribution in [0.2, 0.25) is 10.3 Å². The molecule has 0 bridgehead atoms. The first kappa shape index (κ1) is 12.1. The Bertz CT molecular complexity index is 494. The molecule has 0 saturated heterocycles. The summed E-state index contributed by atoms with van der Waals surface area (Å²) < 4.78 is 5.50. The minimum Gasteiger partial charge on any atom is -0.486 e. The molecule has 0 N–H and O–H groups in total. The first-order valence-electron chi connectivity index (χ1n) is 5.03. The summed E-state index contributed by atoms with van der Waals surface area (Å²) in [5, 5.41) is 0.716. The molecule has 1 aromatic carbocycles. The van der Waals surface area contributed by atoms with Gasteiger partial charge in [0.15, 0.2) is 5.82 Å². The predicted molar refractivity (Wildman–Crippen MR) is 67.6 cm³/mol. The lowest BCUT2D eigenvalue weighted by atomic mass is 10.3. The van der Waals surface area contributed by atoms with Crippen LogP contribution < -0.4 is 4.74 Å². The summed E-state index contributed by atoms with van der Waals surface area (Å²) in [5.41, 5.74) is 0.678. The van der Waals surface area contributed by atoms with Crippen LogP contribution in [0.5, 0.6) is 5.75 Å². The second-order valence-electron chi connectivity index (χ2n) is 3.45. The Morgan fingerprint density at radius 2 is 1.65 bits per heavy atom. The lowest BCUT2D eigenvalue weighted by molar-refractivity contribution is 0.296. The average molecular weight is 269 g/mol. The summed E-state index contributed by atoms with van der Waals surface area (Å²) in [4.78, 5) is 8.19. The van der Waals surface area contributed by atoms with Gasteiger partial charge in [-0.2, -0.15) is 0 Å². The highest BCUT2D eigenvalue weighted by Crippen LogP contribution is 2.20. The maximum atomic E-state index is 5.91. The molecule has 2 aromatic rings. The fourth-order valence-electron chi connectivity index (χ4n) is 1.23. The molecule has 0 unspecified atom stereocenters. The number of hydrogen-bond acceptors (Lipinski definition) is 3. The molecule has 0 aliphatic carbocycles. The van der Waals surface area contributed by atoms with Gasteiger partial charge in [0.2, 0.25) is 0 Å². The van der Waals surface area contributed by atoms with Crippen molar-refractivity contribution in [1.29, 1.82) is 0 Å². The standard InChI is InChI=1S/C12H10Cl2N2O/c1-8-11(13)15-10(16-12(8)14)7-17-9-5-3-2-4-6-9/h2-6H,7H2,1H3. The highest BCUT2D eigenvalue weighted by molar-refractivity contribution is 6.34. The van der Waals surface area contributed by atoms with Crippen LogP contribution in [0.4, 0.5) is 0 Å². The molecule has 17 heavy (non-hydrogen) atoms. The summed E-state index contributed by atoms with van der Waals surface area (Å²) in [5.74, 6) is 1.22. The van der Waals surface area contributed by atoms with E-state index in [2.05, 4.69) is 9.97 Å². The van der Waals surface area contributed by atoms with Crippen molar-refractivity contribution in [3.63, 3.8) is 0 Å². The molecule has 0 radical (unpaired) electrons. The van der Waals surface area contributed by atoms with Crippen LogP contribution in [-0.2, 0) is 6.61 Å². The molecule has 3 nitrogen and oxygen atoms in total. The Morgan fingerprint density at radius 1 is 1.06 bits per heavy atom. The summed E-state index contributed by atoms with van der Waals surface area (Å²) in [7, 11) is 0. The van der Waals surface area contributed by atoms with Gasteiger partial charge in [0.05, 0.1) is 0 Å². The molecule has 0 saturated carbocycles. The molecule has 0 fully saturated rings. The number of para-hydroxylation sites is 1. The van der Waals surface area contributed by atoms with E-state index in [9.17, 15) is 0 Å². The van der Waals surface area contributed by atoms with Crippen molar-refractivity contribution in [1.82, 2.24) is 9.97 Å². The minimum absolute atomic E-state index is 0.240. The minimum atomic E-state index is 0.240. The highest BCUT2D eigenvalue weighted by Gasteiger charge is 2.07. The monoisotopic (exact) mass is 268 g/mol. The molecule has 1 heterocycles. The van der Waals surface area contributed by atoms with Gasteiger partial charge in [0.1, 0.15) is 22.7 Å². The van der Waals surface area contributed by atoms with E-state index in [1.807, 2.05) is 30.3 Å². The summed E-state index contributed by atoms with van der Waals surface area (Å²) in [6.45, 7) is 2.01. The number of aromatic nitrogens is 2. The topological polar surface area (TPSA) is 35.0 Å². The van der Waals surface area contributed by atoms with Crippen LogP contribution in [0.1, 0.15) is 11.4 Å². The second-order valence-corrected chi connectivity index (χ2v) is 4.16. The Hall–Kier alpha value is -1.32. The van der Waals surface area contributed by atoms with Crippen molar-refractivity contribution in [3.05, 3.63) is 52.0 Å². The molecule has 5 heteroatoms. The molecule has 0 spiro atoms. The maximum Gasteiger partial charge on any atom is 0.169 e. The van der Waals surface area contributed by atoms with Gasteiger partial charge >= 0.3 is 0 Å². The van der Waals surface area contributed by atoms with Gasteiger partial charge in [-0.3, -0.25) is 0 Å². The van der Waals surface area contributed by atoms with Gasteiger partial charge in [-0.05, 0) is 19.1 Å². The van der Waals surface area contributed by atoms with E-state index in [0.717, 1.165) is 5.75 Å². The van der Waals surface area contributed by atoms with E-state index in [1.165, 1.54) is 0 Å². The fourth-order valence-corrected chi connectivity index (χ4v) is 1.66. The molecule has 2 rings (SSSR count). The Morgan fingerprint density at radius 3 is 2.24 bits per heavy atom. The molecule has 0 atom stereocenters. The van der Waals surface area contributed by atoms with Crippen molar-refractivity contribution < 1.29 is 4.74 Å². The predicted octanol–water partition coefficient (Wildman–Crippen LogP) is 3.67. The Balaban J connectivity index is 2.10. The zero-order valence-corrected chi connectivity index (χ0v) is 10.7. The molecule has 0 amide bonds. The van der Waals surface area contributed by atoms with Crippen molar-refractivity contribution in [2.24, 2.45) is 0 Å². The van der Waals surface area contributed by atoms with E-state index >= 15 is 0 Å². The van der Waals surface area contributed by atoms with E-state index in [-0.39, 0.29) is 6.61 Å². The van der Waals surface area contributed by atoms with E-state index < -0.39 is 0 Å². The number of halogens is 2. The van der Waals surface area contributed by atoms with Crippen LogP contribution in [0.3, 0.4) is 0 Å². The third kappa shape index (κ3) is 3.08. The number of ether oxygens (including phenoxy) is 1. The molecular weight excluding hydrogens is 259 g/mol. The smallest absolute Gasteiger partial charge is 0.169 e. The summed E-state index contributed by atoms with van der Waals surface area (Å²) >= 11 is 11.8. The zero-order valence-electron chi connectivity index (χ0n) is 9.15. The molecular formula is C12H10Cl2N2O. The fraction of sp³-hybridized carbons (Fsp3) is 0.167. The lowest BCUT2D eigenvalue weighted by Gasteiger charge is -2.06. The maximum absolute atomic E-state index is 5.91. The summed E-state index contributed by atoms with van der Waals surface area (Å²) in [6.07, 6.45) is 0. The third-order valence-electron chi connectivity index (χ3n) is 2.18. The average Bonchev–Trinajstić information content (AvgIpc) is 2.34. The first-order chi connectivity index (χ1) is 8.16. The lowest BCUT2D eigenvalue weighted by Crippen LogP contribution is -2.03. The summed E-state index contributed by atoms with van der Waals surface area (Å²) in [6, 6.07) is 9.42. The van der Waals surface area contributed by atoms with Gasteiger partial charge in [0.25, 0.3) is 0 Å². The van der Waals surface area contributed by atoms with E-state index in [4.69, 9.17) is 27.9 Å². The van der Waals surface area contributed by atoms with Crippen LogP contribution in [0.15, 0.2) is 30.3 Å². The number of hydrogen-bond donors (Lipinski definition) is 0. The number of rotatable bonds is 3. The van der Waals surface area contributed by atoms with Crippen LogP contribution in [0.25, 0.3) is 0 Å². The van der Waals surface area contributed by atoms with Crippen molar-refractivity contribution >= 4 is 23.2 Å². The van der Waals surface area contributed by atoms with Gasteiger partial charge < -0.3 is 4.74 Å². The van der Waals surface area contributed by atoms with Gasteiger partial charge in [-0.15, -0.1) is 0 Å². The molecule has 0 aliphatic heterocycles. The van der Waals surface area contributed by atoms with Crippen LogP contribution >= 0.6 is 23.2 Å². The van der Waals surface area contributed by atoms with Crippen LogP contribution in [0, 0.1) is 6.92 Å². The number of benzene rings is 1. The van der Waals surface area contributed by atoms with Gasteiger partial charge in [-0.25, -0.2) is 9.97 Å². The quantitative estimate of drug-likeness (QED) is 0.797. The first-order valence-corrected chi connectivity index (χ1v) is 5.79. The largest absolute Gasteiger partial charge is 0.486 e. The number of nitrogens with zero attached hydrogens (tertiary/aromatic N) is 2. The van der Waals surface area contributed by atoms with E-state index in [0.29, 0.717) is 21.7 Å². The Labute approximate surface area is 109 Å². The normalized spacial score (nSPS) is 10.3. The molecule has 0 aliphatic rings. The molecule has 1 aromatic heterocycles. The van der Waals surface area contributed by atoms with Crippen molar-refractivity contribution in [3.8, 4) is 5.75 Å². The third-order valence-corrected chi connectivity index (χ3v) is 2.92. The second kappa shape index (κ2) is 5.34. The van der Waals surface area contributed by atoms with Crippen molar-refractivity contribution in [2.45, 2.75) is 13.5 Å².